The number of aromatic carboxylic acids is 1. The first-order valence-electron chi connectivity index (χ1n) is 5.57. The number of nitrogens with zero attached hydrogens (tertiary/aromatic N) is 1. The van der Waals surface area contributed by atoms with Gasteiger partial charge in [-0.3, -0.25) is 0 Å². The van der Waals surface area contributed by atoms with E-state index in [-0.39, 0.29) is 17.9 Å². The fourth-order valence-electron chi connectivity index (χ4n) is 1.63. The normalized spacial score (nSPS) is 10.2. The molecule has 0 saturated heterocycles. The van der Waals surface area contributed by atoms with Crippen LogP contribution in [0.2, 0.25) is 0 Å². The van der Waals surface area contributed by atoms with Gasteiger partial charge in [0.25, 0.3) is 0 Å². The number of rotatable bonds is 5. The van der Waals surface area contributed by atoms with Crippen LogP contribution >= 0.6 is 0 Å². The van der Waals surface area contributed by atoms with Gasteiger partial charge in [0.05, 0.1) is 7.11 Å². The Morgan fingerprint density at radius 2 is 2.26 bits per heavy atom. The Bertz CT molecular complexity index is 590. The van der Waals surface area contributed by atoms with Gasteiger partial charge < -0.3 is 19.1 Å². The van der Waals surface area contributed by atoms with Crippen molar-refractivity contribution in [2.45, 2.75) is 13.5 Å². The number of aromatic nitrogens is 1. The summed E-state index contributed by atoms with van der Waals surface area (Å²) in [6.07, 6.45) is 0. The highest BCUT2D eigenvalue weighted by Gasteiger charge is 2.16. The maximum Gasteiger partial charge on any atom is 0.339 e. The second kappa shape index (κ2) is 5.43. The molecule has 0 atom stereocenters. The SMILES string of the molecule is COc1cccc(C(=O)O)c1OCc1cc(C)on1. The molecule has 2 rings (SSSR count). The van der Waals surface area contributed by atoms with Crippen LogP contribution in [0.3, 0.4) is 0 Å². The van der Waals surface area contributed by atoms with Gasteiger partial charge in [0, 0.05) is 6.07 Å². The molecule has 6 nitrogen and oxygen atoms in total. The van der Waals surface area contributed by atoms with Crippen LogP contribution in [0.4, 0.5) is 0 Å². The van der Waals surface area contributed by atoms with Crippen molar-refractivity contribution in [3.05, 3.63) is 41.3 Å². The smallest absolute Gasteiger partial charge is 0.339 e. The molecule has 0 spiro atoms. The molecule has 2 aromatic rings. The lowest BCUT2D eigenvalue weighted by atomic mass is 10.2. The molecule has 1 heterocycles. The molecule has 0 radical (unpaired) electrons. The van der Waals surface area contributed by atoms with Crippen molar-refractivity contribution in [1.82, 2.24) is 5.16 Å². The second-order valence-corrected chi connectivity index (χ2v) is 3.86. The molecule has 1 aromatic heterocycles. The molecule has 1 aromatic carbocycles. The molecular formula is C13H13NO5. The van der Waals surface area contributed by atoms with Crippen LogP contribution in [0.1, 0.15) is 21.8 Å². The van der Waals surface area contributed by atoms with Gasteiger partial charge in [-0.05, 0) is 19.1 Å². The molecule has 0 aliphatic rings. The number of aryl methyl sites for hydroxylation is 1. The standard InChI is InChI=1S/C13H13NO5/c1-8-6-9(14-19-8)7-18-12-10(13(15)16)4-3-5-11(12)17-2/h3-6H,7H2,1-2H3,(H,15,16). The van der Waals surface area contributed by atoms with Crippen molar-refractivity contribution in [2.24, 2.45) is 0 Å². The number of benzene rings is 1. The minimum atomic E-state index is -1.08. The van der Waals surface area contributed by atoms with Crippen LogP contribution in [0.15, 0.2) is 28.8 Å². The molecule has 100 valence electrons. The molecule has 1 N–H and O–H groups in total. The van der Waals surface area contributed by atoms with Gasteiger partial charge in [-0.2, -0.15) is 0 Å². The fraction of sp³-hybridized carbons (Fsp3) is 0.231. The monoisotopic (exact) mass is 263 g/mol. The summed E-state index contributed by atoms with van der Waals surface area (Å²) in [5.74, 6) is 0.126. The van der Waals surface area contributed by atoms with E-state index >= 15 is 0 Å². The highest BCUT2D eigenvalue weighted by Crippen LogP contribution is 2.31. The van der Waals surface area contributed by atoms with Gasteiger partial charge in [-0.1, -0.05) is 11.2 Å². The van der Waals surface area contributed by atoms with Crippen molar-refractivity contribution in [3.8, 4) is 11.5 Å². The quantitative estimate of drug-likeness (QED) is 0.891. The number of hydrogen-bond acceptors (Lipinski definition) is 5. The van der Waals surface area contributed by atoms with Crippen molar-refractivity contribution < 1.29 is 23.9 Å². The molecule has 0 aliphatic heterocycles. The number of carbonyl (C=O) groups is 1. The number of methoxy groups -OCH3 is 1. The summed E-state index contributed by atoms with van der Waals surface area (Å²) in [6.45, 7) is 1.88. The molecular weight excluding hydrogens is 250 g/mol. The molecule has 6 heteroatoms. The van der Waals surface area contributed by atoms with E-state index in [0.29, 0.717) is 17.2 Å². The van der Waals surface area contributed by atoms with E-state index < -0.39 is 5.97 Å². The van der Waals surface area contributed by atoms with Crippen LogP contribution in [-0.2, 0) is 6.61 Å². The van der Waals surface area contributed by atoms with Gasteiger partial charge >= 0.3 is 5.97 Å². The first kappa shape index (κ1) is 12.9. The molecule has 0 unspecified atom stereocenters. The number of carboxylic acid groups (broad SMARTS) is 1. The van der Waals surface area contributed by atoms with E-state index in [1.54, 1.807) is 25.1 Å². The van der Waals surface area contributed by atoms with Crippen LogP contribution in [0.5, 0.6) is 11.5 Å². The minimum absolute atomic E-state index is 0.0413. The van der Waals surface area contributed by atoms with Gasteiger partial charge in [0.15, 0.2) is 11.5 Å². The maximum atomic E-state index is 11.1. The lowest BCUT2D eigenvalue weighted by molar-refractivity contribution is 0.0690. The Kier molecular flexibility index (Phi) is 3.70. The van der Waals surface area contributed by atoms with E-state index in [2.05, 4.69) is 5.16 Å². The average molecular weight is 263 g/mol. The van der Waals surface area contributed by atoms with E-state index in [1.807, 2.05) is 0 Å². The predicted molar refractivity (Wildman–Crippen MR) is 65.5 cm³/mol. The number of carboxylic acids is 1. The Balaban J connectivity index is 2.25. The van der Waals surface area contributed by atoms with Gasteiger partial charge in [0.2, 0.25) is 0 Å². The summed E-state index contributed by atoms with van der Waals surface area (Å²) in [6, 6.07) is 6.40. The fourth-order valence-corrected chi connectivity index (χ4v) is 1.63. The lowest BCUT2D eigenvalue weighted by Crippen LogP contribution is -2.05. The van der Waals surface area contributed by atoms with Gasteiger partial charge in [-0.15, -0.1) is 0 Å². The molecule has 0 fully saturated rings. The van der Waals surface area contributed by atoms with Gasteiger partial charge in [-0.25, -0.2) is 4.79 Å². The summed E-state index contributed by atoms with van der Waals surface area (Å²) in [5, 5.41) is 12.9. The number of hydrogen-bond donors (Lipinski definition) is 1. The highest BCUT2D eigenvalue weighted by atomic mass is 16.5. The molecule has 0 amide bonds. The van der Waals surface area contributed by atoms with Crippen LogP contribution in [0, 0.1) is 6.92 Å². The Morgan fingerprint density at radius 1 is 1.47 bits per heavy atom. The third-order valence-electron chi connectivity index (χ3n) is 2.47. The number of para-hydroxylation sites is 1. The van der Waals surface area contributed by atoms with E-state index in [1.165, 1.54) is 13.2 Å². The van der Waals surface area contributed by atoms with Crippen LogP contribution in [-0.4, -0.2) is 23.3 Å². The molecule has 19 heavy (non-hydrogen) atoms. The van der Waals surface area contributed by atoms with Crippen molar-refractivity contribution in [2.75, 3.05) is 7.11 Å². The second-order valence-electron chi connectivity index (χ2n) is 3.86. The molecule has 0 saturated carbocycles. The van der Waals surface area contributed by atoms with Crippen LogP contribution < -0.4 is 9.47 Å². The zero-order valence-electron chi connectivity index (χ0n) is 10.5. The van der Waals surface area contributed by atoms with Crippen molar-refractivity contribution in [1.29, 1.82) is 0 Å². The summed E-state index contributed by atoms with van der Waals surface area (Å²) in [7, 11) is 1.45. The summed E-state index contributed by atoms with van der Waals surface area (Å²) in [5.41, 5.74) is 0.624. The van der Waals surface area contributed by atoms with Crippen molar-refractivity contribution in [3.63, 3.8) is 0 Å². The van der Waals surface area contributed by atoms with E-state index in [9.17, 15) is 4.79 Å². The third-order valence-corrected chi connectivity index (χ3v) is 2.47. The topological polar surface area (TPSA) is 81.8 Å². The molecule has 0 bridgehead atoms. The maximum absolute atomic E-state index is 11.1. The summed E-state index contributed by atoms with van der Waals surface area (Å²) >= 11 is 0. The predicted octanol–water partition coefficient (Wildman–Crippen LogP) is 2.27. The lowest BCUT2D eigenvalue weighted by Gasteiger charge is -2.11. The molecule has 0 aliphatic carbocycles. The van der Waals surface area contributed by atoms with E-state index in [0.717, 1.165) is 0 Å². The summed E-state index contributed by atoms with van der Waals surface area (Å²) < 4.78 is 15.5. The number of ether oxygens (including phenoxy) is 2. The van der Waals surface area contributed by atoms with Gasteiger partial charge in [0.1, 0.15) is 23.6 Å². The van der Waals surface area contributed by atoms with E-state index in [4.69, 9.17) is 19.1 Å². The zero-order chi connectivity index (χ0) is 13.8. The third kappa shape index (κ3) is 2.85. The highest BCUT2D eigenvalue weighted by molar-refractivity contribution is 5.92. The Morgan fingerprint density at radius 3 is 2.84 bits per heavy atom. The first-order chi connectivity index (χ1) is 9.11. The minimum Gasteiger partial charge on any atom is -0.493 e. The van der Waals surface area contributed by atoms with Crippen LogP contribution in [0.25, 0.3) is 0 Å². The zero-order valence-corrected chi connectivity index (χ0v) is 10.5. The largest absolute Gasteiger partial charge is 0.493 e. The average Bonchev–Trinajstić information content (AvgIpc) is 2.81. The Labute approximate surface area is 109 Å². The Hall–Kier alpha value is -2.50. The first-order valence-corrected chi connectivity index (χ1v) is 5.57. The summed E-state index contributed by atoms with van der Waals surface area (Å²) in [4.78, 5) is 11.1. The van der Waals surface area contributed by atoms with Crippen molar-refractivity contribution >= 4 is 5.97 Å².